The Morgan fingerprint density at radius 2 is 2.11 bits per heavy atom. The van der Waals surface area contributed by atoms with Crippen LogP contribution in [0, 0.1) is 0 Å². The lowest BCUT2D eigenvalue weighted by molar-refractivity contribution is -0.702. The molecule has 0 aliphatic carbocycles. The van der Waals surface area contributed by atoms with Gasteiger partial charge in [0.05, 0.1) is 6.54 Å². The van der Waals surface area contributed by atoms with Crippen molar-refractivity contribution in [1.29, 1.82) is 0 Å². The summed E-state index contributed by atoms with van der Waals surface area (Å²) in [6.45, 7) is 6.94. The molecule has 0 saturated heterocycles. The van der Waals surface area contributed by atoms with Crippen molar-refractivity contribution >= 4 is 16.6 Å². The zero-order chi connectivity index (χ0) is 13.9. The molecule has 0 aliphatic rings. The molecule has 102 valence electrons. The van der Waals surface area contributed by atoms with E-state index in [-0.39, 0.29) is 5.54 Å². The standard InChI is InChI=1S/C15H21N3O/c1-11(18-19)15(2,3)17-9-8-12-10-16-14-7-5-4-6-13(12)14/h4-7,10,16-17,19H,8-9H2,1-3H3/p+1. The maximum absolute atomic E-state index is 8.86. The number of hydrogen-bond donors (Lipinski definition) is 3. The smallest absolute Gasteiger partial charge is 0.132 e. The zero-order valence-electron chi connectivity index (χ0n) is 11.8. The van der Waals surface area contributed by atoms with Gasteiger partial charge < -0.3 is 15.5 Å². The molecule has 4 heteroatoms. The number of quaternary nitrogens is 1. The number of hydrogen-bond acceptors (Lipinski definition) is 2. The Kier molecular flexibility index (Phi) is 3.90. The Labute approximate surface area is 113 Å². The molecule has 0 aliphatic heterocycles. The van der Waals surface area contributed by atoms with Crippen LogP contribution in [0.15, 0.2) is 35.6 Å². The third kappa shape index (κ3) is 2.96. The van der Waals surface area contributed by atoms with Gasteiger partial charge in [0, 0.05) is 23.5 Å². The number of nitrogens with one attached hydrogen (secondary N) is 1. The average Bonchev–Trinajstić information content (AvgIpc) is 2.81. The molecule has 1 aromatic heterocycles. The van der Waals surface area contributed by atoms with Crippen LogP contribution in [0.5, 0.6) is 0 Å². The van der Waals surface area contributed by atoms with Gasteiger partial charge in [0.15, 0.2) is 0 Å². The molecule has 0 bridgehead atoms. The number of fused-ring (bicyclic) bond motifs is 1. The van der Waals surface area contributed by atoms with Gasteiger partial charge in [0.1, 0.15) is 11.3 Å². The minimum Gasteiger partial charge on any atom is -0.411 e. The summed E-state index contributed by atoms with van der Waals surface area (Å²) in [5, 5.41) is 15.7. The van der Waals surface area contributed by atoms with Gasteiger partial charge in [-0.25, -0.2) is 0 Å². The minimum absolute atomic E-state index is 0.166. The third-order valence-electron chi connectivity index (χ3n) is 3.83. The summed E-state index contributed by atoms with van der Waals surface area (Å²) in [5.74, 6) is 0. The van der Waals surface area contributed by atoms with Crippen LogP contribution in [-0.4, -0.2) is 28.0 Å². The van der Waals surface area contributed by atoms with Crippen LogP contribution in [0.3, 0.4) is 0 Å². The largest absolute Gasteiger partial charge is 0.411 e. The van der Waals surface area contributed by atoms with Gasteiger partial charge >= 0.3 is 0 Å². The van der Waals surface area contributed by atoms with Crippen LogP contribution >= 0.6 is 0 Å². The van der Waals surface area contributed by atoms with Crippen molar-refractivity contribution in [3.8, 4) is 0 Å². The molecule has 2 rings (SSSR count). The molecule has 1 aromatic carbocycles. The Bertz CT molecular complexity index is 584. The Balaban J connectivity index is 2.00. The van der Waals surface area contributed by atoms with Crippen molar-refractivity contribution in [2.24, 2.45) is 5.16 Å². The van der Waals surface area contributed by atoms with Crippen LogP contribution in [0.1, 0.15) is 26.3 Å². The maximum atomic E-state index is 8.86. The first-order valence-electron chi connectivity index (χ1n) is 6.63. The van der Waals surface area contributed by atoms with Gasteiger partial charge in [0.25, 0.3) is 0 Å². The van der Waals surface area contributed by atoms with E-state index >= 15 is 0 Å². The number of nitrogens with zero attached hydrogens (tertiary/aromatic N) is 1. The number of aromatic amines is 1. The van der Waals surface area contributed by atoms with Gasteiger partial charge in [-0.3, -0.25) is 0 Å². The van der Waals surface area contributed by atoms with E-state index in [0.29, 0.717) is 0 Å². The van der Waals surface area contributed by atoms with Gasteiger partial charge in [-0.05, 0) is 32.4 Å². The Hall–Kier alpha value is -1.81. The molecule has 4 nitrogen and oxygen atoms in total. The lowest BCUT2D eigenvalue weighted by Crippen LogP contribution is -2.97. The van der Waals surface area contributed by atoms with E-state index < -0.39 is 0 Å². The second-order valence-electron chi connectivity index (χ2n) is 5.51. The van der Waals surface area contributed by atoms with Gasteiger partial charge in [0.2, 0.25) is 0 Å². The number of oxime groups is 1. The summed E-state index contributed by atoms with van der Waals surface area (Å²) < 4.78 is 0. The second-order valence-corrected chi connectivity index (χ2v) is 5.51. The fraction of sp³-hybridized carbons (Fsp3) is 0.400. The monoisotopic (exact) mass is 260 g/mol. The van der Waals surface area contributed by atoms with Crippen LogP contribution < -0.4 is 5.32 Å². The number of aromatic nitrogens is 1. The summed E-state index contributed by atoms with van der Waals surface area (Å²) in [7, 11) is 0. The summed E-state index contributed by atoms with van der Waals surface area (Å²) in [6.07, 6.45) is 3.07. The van der Waals surface area contributed by atoms with Crippen molar-refractivity contribution < 1.29 is 10.5 Å². The highest BCUT2D eigenvalue weighted by Crippen LogP contribution is 2.17. The third-order valence-corrected chi connectivity index (χ3v) is 3.83. The summed E-state index contributed by atoms with van der Waals surface area (Å²) in [5.41, 5.74) is 3.10. The molecule has 0 spiro atoms. The molecule has 0 saturated carbocycles. The number of H-pyrrole nitrogens is 1. The molecule has 2 aromatic rings. The van der Waals surface area contributed by atoms with E-state index in [1.807, 2.05) is 13.0 Å². The first kappa shape index (κ1) is 13.6. The van der Waals surface area contributed by atoms with E-state index in [4.69, 9.17) is 5.21 Å². The summed E-state index contributed by atoms with van der Waals surface area (Å²) in [6, 6.07) is 8.34. The molecule has 0 atom stereocenters. The van der Waals surface area contributed by atoms with Crippen LogP contribution in [0.2, 0.25) is 0 Å². The summed E-state index contributed by atoms with van der Waals surface area (Å²) in [4.78, 5) is 3.29. The first-order valence-corrected chi connectivity index (χ1v) is 6.63. The zero-order valence-corrected chi connectivity index (χ0v) is 11.8. The quantitative estimate of drug-likeness (QED) is 0.429. The molecule has 0 amide bonds. The second kappa shape index (κ2) is 5.45. The predicted molar refractivity (Wildman–Crippen MR) is 77.8 cm³/mol. The highest BCUT2D eigenvalue weighted by atomic mass is 16.4. The van der Waals surface area contributed by atoms with Gasteiger partial charge in [-0.15, -0.1) is 0 Å². The molecule has 1 heterocycles. The topological polar surface area (TPSA) is 65.0 Å². The number of benzene rings is 1. The Morgan fingerprint density at radius 3 is 2.84 bits per heavy atom. The minimum atomic E-state index is -0.166. The number of rotatable bonds is 5. The maximum Gasteiger partial charge on any atom is 0.132 e. The predicted octanol–water partition coefficient (Wildman–Crippen LogP) is 1.90. The fourth-order valence-electron chi connectivity index (χ4n) is 2.20. The van der Waals surface area contributed by atoms with E-state index in [1.54, 1.807) is 0 Å². The van der Waals surface area contributed by atoms with Crippen molar-refractivity contribution in [3.05, 3.63) is 36.0 Å². The molecular weight excluding hydrogens is 238 g/mol. The van der Waals surface area contributed by atoms with E-state index in [0.717, 1.165) is 18.7 Å². The molecule has 0 fully saturated rings. The highest BCUT2D eigenvalue weighted by molar-refractivity contribution is 5.88. The first-order chi connectivity index (χ1) is 9.04. The molecule has 0 radical (unpaired) electrons. The highest BCUT2D eigenvalue weighted by Gasteiger charge is 2.25. The SMILES string of the molecule is CC(=NO)C(C)(C)[NH2+]CCc1c[nH]c2ccccc12. The van der Waals surface area contributed by atoms with Gasteiger partial charge in [-0.2, -0.15) is 0 Å². The normalized spacial score (nSPS) is 13.1. The van der Waals surface area contributed by atoms with Crippen molar-refractivity contribution in [3.63, 3.8) is 0 Å². The lowest BCUT2D eigenvalue weighted by atomic mass is 9.99. The van der Waals surface area contributed by atoms with Crippen molar-refractivity contribution in [2.45, 2.75) is 32.7 Å². The average molecular weight is 260 g/mol. The van der Waals surface area contributed by atoms with Crippen LogP contribution in [-0.2, 0) is 6.42 Å². The van der Waals surface area contributed by atoms with Crippen LogP contribution in [0.4, 0.5) is 0 Å². The number of nitrogens with two attached hydrogens (primary N) is 1. The van der Waals surface area contributed by atoms with E-state index in [9.17, 15) is 0 Å². The van der Waals surface area contributed by atoms with Crippen LogP contribution in [0.25, 0.3) is 10.9 Å². The van der Waals surface area contributed by atoms with Gasteiger partial charge in [-0.1, -0.05) is 23.4 Å². The van der Waals surface area contributed by atoms with Crippen molar-refractivity contribution in [1.82, 2.24) is 4.98 Å². The summed E-state index contributed by atoms with van der Waals surface area (Å²) >= 11 is 0. The Morgan fingerprint density at radius 1 is 1.37 bits per heavy atom. The molecule has 0 unspecified atom stereocenters. The van der Waals surface area contributed by atoms with E-state index in [2.05, 4.69) is 53.7 Å². The molecule has 4 N–H and O–H groups in total. The fourth-order valence-corrected chi connectivity index (χ4v) is 2.20. The van der Waals surface area contributed by atoms with E-state index in [1.165, 1.54) is 16.5 Å². The molecule has 19 heavy (non-hydrogen) atoms. The lowest BCUT2D eigenvalue weighted by Gasteiger charge is -2.21. The van der Waals surface area contributed by atoms with Crippen molar-refractivity contribution in [2.75, 3.05) is 6.54 Å². The molecular formula is C15H22N3O+. The number of para-hydroxylation sites is 1.